The van der Waals surface area contributed by atoms with Crippen molar-refractivity contribution in [3.63, 3.8) is 0 Å². The second-order valence-corrected chi connectivity index (χ2v) is 22.4. The van der Waals surface area contributed by atoms with Crippen LogP contribution in [0.25, 0.3) is 156 Å². The van der Waals surface area contributed by atoms with E-state index < -0.39 is 11.7 Å². The summed E-state index contributed by atoms with van der Waals surface area (Å²) in [5.74, 6) is 0. The van der Waals surface area contributed by atoms with Gasteiger partial charge < -0.3 is 9.13 Å². The summed E-state index contributed by atoms with van der Waals surface area (Å²) in [5, 5.41) is 74.6. The summed E-state index contributed by atoms with van der Waals surface area (Å²) in [7, 11) is 0. The molecule has 2 aromatic heterocycles. The average Bonchev–Trinajstić information content (AvgIpc) is 1.56. The molecule has 13 rings (SSSR count). The Morgan fingerprint density at radius 3 is 1.10 bits per heavy atom. The molecule has 0 aliphatic rings. The molecule has 11 aromatic carbocycles. The Labute approximate surface area is 566 Å². The van der Waals surface area contributed by atoms with E-state index in [2.05, 4.69) is 64.3 Å². The van der Waals surface area contributed by atoms with E-state index in [1.807, 2.05) is 21.3 Å². The second-order valence-electron chi connectivity index (χ2n) is 22.4. The van der Waals surface area contributed by atoms with E-state index >= 15 is 0 Å². The predicted octanol–water partition coefficient (Wildman–Crippen LogP) is 21.9. The van der Waals surface area contributed by atoms with E-state index in [1.165, 1.54) is 54.6 Å². The van der Waals surface area contributed by atoms with E-state index in [0.29, 0.717) is 77.2 Å². The van der Waals surface area contributed by atoms with E-state index in [4.69, 9.17) is 46.0 Å². The summed E-state index contributed by atoms with van der Waals surface area (Å²) >= 11 is 0. The Morgan fingerprint density at radius 1 is 0.300 bits per heavy atom. The summed E-state index contributed by atoms with van der Waals surface area (Å²) in [6.07, 6.45) is -4.82. The molecule has 2 heterocycles. The van der Waals surface area contributed by atoms with Crippen molar-refractivity contribution in [3.05, 3.63) is 300 Å². The van der Waals surface area contributed by atoms with Gasteiger partial charge in [-0.25, -0.2) is 33.9 Å². The van der Waals surface area contributed by atoms with Crippen LogP contribution < -0.4 is 0 Å². The van der Waals surface area contributed by atoms with Crippen LogP contribution in [0, 0.1) is 125 Å². The number of aromatic nitrogens is 2. The standard InChI is InChI=1S/C81H29F3N16/c1-92-57-27-53(41-89)76(54(28-57)42-90)47-12-19-72-60(31-47)63-33-49(78-52(40-88)24-45(38-86)26-68(78)97-6)15-22-73(63)100(72)75-10-8-9-65(94-3)80(75)64-30-46(59-17-16-56(81(82,83)84)35-66(59)95-4)11-18-74(64)99-70-20-13-48(77-51(39-87)23-44(37-85)25-67(77)96-5)32-61(70)62-34-50(14-21-71(62)99)79-55(43-91)29-58(93-2)36-69(79)98-7/h8-36H. The first-order valence-corrected chi connectivity index (χ1v) is 29.4. The highest BCUT2D eigenvalue weighted by atomic mass is 19.4. The molecular formula is C81H29F3N16. The lowest BCUT2D eigenvalue weighted by molar-refractivity contribution is -0.137. The Bertz CT molecular complexity index is 6150. The van der Waals surface area contributed by atoms with Crippen molar-refractivity contribution in [1.29, 1.82) is 36.8 Å². The number of fused-ring (bicyclic) bond motifs is 6. The molecule has 454 valence electrons. The molecule has 0 N–H and O–H groups in total. The van der Waals surface area contributed by atoms with Crippen molar-refractivity contribution in [3.8, 4) is 121 Å². The van der Waals surface area contributed by atoms with Crippen LogP contribution >= 0.6 is 0 Å². The molecule has 0 aliphatic heterocycles. The van der Waals surface area contributed by atoms with Gasteiger partial charge in [0.05, 0.1) is 138 Å². The van der Waals surface area contributed by atoms with Crippen molar-refractivity contribution in [2.24, 2.45) is 0 Å². The Morgan fingerprint density at radius 2 is 0.690 bits per heavy atom. The number of halogens is 3. The molecule has 0 fully saturated rings. The third kappa shape index (κ3) is 10.1. The van der Waals surface area contributed by atoms with E-state index in [-0.39, 0.29) is 123 Å². The zero-order valence-electron chi connectivity index (χ0n) is 51.0. The minimum absolute atomic E-state index is 0.00347. The zero-order chi connectivity index (χ0) is 70.4. The van der Waals surface area contributed by atoms with Gasteiger partial charge in [0.15, 0.2) is 39.8 Å². The quantitative estimate of drug-likeness (QED) is 0.134. The van der Waals surface area contributed by atoms with Crippen LogP contribution in [-0.4, -0.2) is 9.13 Å². The minimum Gasteiger partial charge on any atom is -0.310 e. The topological polar surface area (TPSA) is 207 Å². The molecule has 0 saturated heterocycles. The number of alkyl halides is 3. The number of hydrogen-bond acceptors (Lipinski definition) is 7. The van der Waals surface area contributed by atoms with Gasteiger partial charge in [-0.15, -0.1) is 0 Å². The molecule has 0 spiro atoms. The Kier molecular flexibility index (Phi) is 15.4. The summed E-state index contributed by atoms with van der Waals surface area (Å²) < 4.78 is 47.1. The van der Waals surface area contributed by atoms with E-state index in [1.54, 1.807) is 109 Å². The number of benzene rings is 11. The molecule has 0 saturated carbocycles. The SMILES string of the molecule is [C-]#[N+]c1cc(C#N)c(-c2ccc3c(c2)c2cc(-c4c(C#N)cc(C#N)cc4[N+]#[C-])ccc2n3-c2cccc([N+]#[C-])c2-c2cc(-c3ccc(C(F)(F)F)cc3[N+]#[C-])ccc2-n2c3ccc(-c4c(C#N)cc(C#N)cc4[N+]#[C-])cc3c3cc(-c4c(C#N)cc([N+]#[C-])cc4[N+]#[C-])ccc32)c(C#N)c1. The Balaban J connectivity index is 1.18. The Hall–Kier alpha value is -16.3. The largest absolute Gasteiger partial charge is 0.415 e. The fourth-order valence-electron chi connectivity index (χ4n) is 13.1. The van der Waals surface area contributed by atoms with Gasteiger partial charge in [0.2, 0.25) is 0 Å². The molecule has 0 unspecified atom stereocenters. The van der Waals surface area contributed by atoms with Gasteiger partial charge in [0.25, 0.3) is 0 Å². The van der Waals surface area contributed by atoms with Crippen LogP contribution in [-0.2, 0) is 6.18 Å². The summed E-state index contributed by atoms with van der Waals surface area (Å²) in [5.41, 5.74) is 4.88. The summed E-state index contributed by atoms with van der Waals surface area (Å²) in [6.45, 7) is 57.4. The van der Waals surface area contributed by atoms with Crippen molar-refractivity contribution in [1.82, 2.24) is 9.13 Å². The first kappa shape index (κ1) is 62.5. The van der Waals surface area contributed by atoms with Gasteiger partial charge in [0.1, 0.15) is 0 Å². The predicted molar refractivity (Wildman–Crippen MR) is 370 cm³/mol. The number of rotatable bonds is 8. The van der Waals surface area contributed by atoms with Crippen LogP contribution in [0.4, 0.5) is 53.0 Å². The molecule has 0 atom stereocenters. The van der Waals surface area contributed by atoms with Crippen LogP contribution in [0.2, 0.25) is 0 Å². The second kappa shape index (κ2) is 24.6. The molecule has 0 bridgehead atoms. The fourth-order valence-corrected chi connectivity index (χ4v) is 13.1. The van der Waals surface area contributed by atoms with Crippen LogP contribution in [0.3, 0.4) is 0 Å². The highest BCUT2D eigenvalue weighted by Crippen LogP contribution is 2.51. The van der Waals surface area contributed by atoms with Crippen molar-refractivity contribution >= 4 is 83.4 Å². The van der Waals surface area contributed by atoms with Gasteiger partial charge in [0, 0.05) is 77.3 Å². The zero-order valence-corrected chi connectivity index (χ0v) is 51.0. The van der Waals surface area contributed by atoms with Gasteiger partial charge in [-0.1, -0.05) is 60.7 Å². The third-order valence-corrected chi connectivity index (χ3v) is 17.3. The van der Waals surface area contributed by atoms with Gasteiger partial charge in [-0.2, -0.15) is 50.0 Å². The third-order valence-electron chi connectivity index (χ3n) is 17.3. The first-order chi connectivity index (χ1) is 48.6. The van der Waals surface area contributed by atoms with Crippen LogP contribution in [0.1, 0.15) is 44.5 Å². The lowest BCUT2D eigenvalue weighted by atomic mass is 9.92. The van der Waals surface area contributed by atoms with Crippen molar-refractivity contribution in [2.75, 3.05) is 0 Å². The number of nitriles is 7. The molecule has 0 radical (unpaired) electrons. The lowest BCUT2D eigenvalue weighted by Gasteiger charge is -2.21. The fraction of sp³-hybridized carbons (Fsp3) is 0.0123. The van der Waals surface area contributed by atoms with Gasteiger partial charge in [-0.3, -0.25) is 0 Å². The first-order valence-electron chi connectivity index (χ1n) is 29.4. The number of hydrogen-bond donors (Lipinski definition) is 0. The smallest absolute Gasteiger partial charge is 0.310 e. The average molecular weight is 1280 g/mol. The molecular weight excluding hydrogens is 1250 g/mol. The van der Waals surface area contributed by atoms with Crippen molar-refractivity contribution < 1.29 is 13.2 Å². The number of nitrogens with zero attached hydrogens (tertiary/aromatic N) is 16. The minimum atomic E-state index is -4.82. The molecule has 0 aliphatic carbocycles. The highest BCUT2D eigenvalue weighted by Gasteiger charge is 2.32. The maximum Gasteiger partial charge on any atom is 0.415 e. The maximum atomic E-state index is 14.5. The highest BCUT2D eigenvalue weighted by molar-refractivity contribution is 6.16. The van der Waals surface area contributed by atoms with Crippen molar-refractivity contribution in [2.45, 2.75) is 6.18 Å². The summed E-state index contributed by atoms with van der Waals surface area (Å²) in [6, 6.07) is 59.4. The van der Waals surface area contributed by atoms with Crippen LogP contribution in [0.15, 0.2) is 176 Å². The maximum absolute atomic E-state index is 14.5. The molecule has 16 nitrogen and oxygen atoms in total. The summed E-state index contributed by atoms with van der Waals surface area (Å²) in [4.78, 5) is 25.9. The monoisotopic (exact) mass is 1280 g/mol. The molecule has 0 amide bonds. The van der Waals surface area contributed by atoms with Gasteiger partial charge in [-0.05, 0) is 154 Å². The van der Waals surface area contributed by atoms with E-state index in [0.717, 1.165) is 12.1 Å². The lowest BCUT2D eigenvalue weighted by Crippen LogP contribution is -2.04. The van der Waals surface area contributed by atoms with Crippen LogP contribution in [0.5, 0.6) is 0 Å². The normalized spacial score (nSPS) is 10.6. The molecule has 100 heavy (non-hydrogen) atoms. The van der Waals surface area contributed by atoms with Gasteiger partial charge >= 0.3 is 6.18 Å². The van der Waals surface area contributed by atoms with E-state index in [9.17, 15) is 50.0 Å². The molecule has 13 aromatic rings. The molecule has 19 heteroatoms.